The number of carbonyl (C=O) groups is 1. The molecule has 9 heteroatoms. The van der Waals surface area contributed by atoms with Gasteiger partial charge in [-0.2, -0.15) is 11.8 Å². The molecule has 0 radical (unpaired) electrons. The van der Waals surface area contributed by atoms with Crippen LogP contribution in [-0.2, 0) is 4.79 Å². The van der Waals surface area contributed by atoms with Crippen molar-refractivity contribution in [2.75, 3.05) is 29.5 Å². The summed E-state index contributed by atoms with van der Waals surface area (Å²) in [5, 5.41) is 0. The van der Waals surface area contributed by atoms with Gasteiger partial charge in [-0.1, -0.05) is 30.0 Å². The second kappa shape index (κ2) is 8.12. The van der Waals surface area contributed by atoms with Gasteiger partial charge in [-0.3, -0.25) is 18.9 Å². The molecule has 1 amide bonds. The summed E-state index contributed by atoms with van der Waals surface area (Å²) in [6.45, 7) is 7.46. The number of thioether (sulfide) groups is 2. The van der Waals surface area contributed by atoms with Gasteiger partial charge in [0.25, 0.3) is 11.5 Å². The van der Waals surface area contributed by atoms with E-state index in [2.05, 4.69) is 4.90 Å². The fraction of sp³-hybridized carbons (Fsp3) is 0.400. The predicted molar refractivity (Wildman–Crippen MR) is 126 cm³/mol. The van der Waals surface area contributed by atoms with E-state index in [0.717, 1.165) is 30.2 Å². The number of aromatic nitrogens is 2. The third kappa shape index (κ3) is 3.71. The molecule has 6 nitrogen and oxygen atoms in total. The lowest BCUT2D eigenvalue weighted by Gasteiger charge is -2.29. The first-order chi connectivity index (χ1) is 13.9. The second-order valence-corrected chi connectivity index (χ2v) is 10.2. The Morgan fingerprint density at radius 3 is 2.62 bits per heavy atom. The van der Waals surface area contributed by atoms with Crippen molar-refractivity contribution in [3.05, 3.63) is 44.7 Å². The number of thiocarbonyl (C=S) groups is 1. The summed E-state index contributed by atoms with van der Waals surface area (Å²) in [7, 11) is 0. The Hall–Kier alpha value is -1.84. The van der Waals surface area contributed by atoms with Gasteiger partial charge in [0.05, 0.1) is 10.5 Å². The van der Waals surface area contributed by atoms with Crippen LogP contribution in [0.15, 0.2) is 28.0 Å². The molecule has 29 heavy (non-hydrogen) atoms. The summed E-state index contributed by atoms with van der Waals surface area (Å²) in [4.78, 5) is 35.4. The standard InChI is InChI=1S/C20H22N4O2S3/c1-12(2)24-19(26)15(29-20(24)27)11-14-17(22-7-9-28-10-8-22)21-16-13(3)5-4-6-23(16)18(14)25/h4-6,11-12H,7-10H2,1-3H3. The van der Waals surface area contributed by atoms with Crippen LogP contribution in [0.1, 0.15) is 25.0 Å². The lowest BCUT2D eigenvalue weighted by atomic mass is 10.2. The molecule has 0 unspecified atom stereocenters. The summed E-state index contributed by atoms with van der Waals surface area (Å²) in [5.41, 5.74) is 1.87. The summed E-state index contributed by atoms with van der Waals surface area (Å²) in [5.74, 6) is 2.48. The van der Waals surface area contributed by atoms with Crippen molar-refractivity contribution in [1.29, 1.82) is 0 Å². The average molecular weight is 447 g/mol. The van der Waals surface area contributed by atoms with Crippen LogP contribution in [0.4, 0.5) is 5.82 Å². The van der Waals surface area contributed by atoms with E-state index in [4.69, 9.17) is 17.2 Å². The largest absolute Gasteiger partial charge is 0.354 e. The van der Waals surface area contributed by atoms with Gasteiger partial charge in [-0.05, 0) is 38.5 Å². The Kier molecular flexibility index (Phi) is 5.72. The number of fused-ring (bicyclic) bond motifs is 1. The van der Waals surface area contributed by atoms with Crippen LogP contribution >= 0.6 is 35.7 Å². The van der Waals surface area contributed by atoms with Gasteiger partial charge in [0.2, 0.25) is 0 Å². The molecular weight excluding hydrogens is 424 g/mol. The molecule has 2 fully saturated rings. The monoisotopic (exact) mass is 446 g/mol. The first kappa shape index (κ1) is 20.4. The predicted octanol–water partition coefficient (Wildman–Crippen LogP) is 3.17. The van der Waals surface area contributed by atoms with Crippen LogP contribution < -0.4 is 10.5 Å². The van der Waals surface area contributed by atoms with Crippen molar-refractivity contribution in [2.45, 2.75) is 26.8 Å². The molecule has 4 rings (SSSR count). The van der Waals surface area contributed by atoms with Gasteiger partial charge in [0.1, 0.15) is 15.8 Å². The number of amides is 1. The number of rotatable bonds is 3. The van der Waals surface area contributed by atoms with Crippen molar-refractivity contribution in [1.82, 2.24) is 14.3 Å². The Bertz CT molecular complexity index is 1090. The highest BCUT2D eigenvalue weighted by Gasteiger charge is 2.34. The highest BCUT2D eigenvalue weighted by molar-refractivity contribution is 8.26. The van der Waals surface area contributed by atoms with Crippen molar-refractivity contribution < 1.29 is 4.79 Å². The Morgan fingerprint density at radius 2 is 1.97 bits per heavy atom. The van der Waals surface area contributed by atoms with E-state index in [0.29, 0.717) is 26.3 Å². The SMILES string of the molecule is Cc1cccn2c(=O)c(C=C3SC(=S)N(C(C)C)C3=O)c(N3CCSCC3)nc12. The summed E-state index contributed by atoms with van der Waals surface area (Å²) in [6, 6.07) is 3.76. The third-order valence-corrected chi connectivity index (χ3v) is 7.26. The van der Waals surface area contributed by atoms with Crippen LogP contribution in [0.2, 0.25) is 0 Å². The van der Waals surface area contributed by atoms with E-state index in [-0.39, 0.29) is 17.5 Å². The summed E-state index contributed by atoms with van der Waals surface area (Å²) < 4.78 is 2.09. The molecule has 4 heterocycles. The first-order valence-electron chi connectivity index (χ1n) is 9.50. The van der Waals surface area contributed by atoms with Gasteiger partial charge in [0.15, 0.2) is 0 Å². The molecule has 2 aromatic heterocycles. The lowest BCUT2D eigenvalue weighted by Crippen LogP contribution is -2.36. The smallest absolute Gasteiger partial charge is 0.267 e. The number of hydrogen-bond acceptors (Lipinski definition) is 7. The van der Waals surface area contributed by atoms with E-state index >= 15 is 0 Å². The second-order valence-electron chi connectivity index (χ2n) is 7.28. The summed E-state index contributed by atoms with van der Waals surface area (Å²) >= 11 is 8.53. The van der Waals surface area contributed by atoms with E-state index in [9.17, 15) is 9.59 Å². The number of anilines is 1. The Balaban J connectivity index is 1.91. The number of carbonyl (C=O) groups excluding carboxylic acids is 1. The fourth-order valence-corrected chi connectivity index (χ4v) is 5.91. The highest BCUT2D eigenvalue weighted by Crippen LogP contribution is 2.35. The molecule has 152 valence electrons. The molecule has 0 aliphatic carbocycles. The lowest BCUT2D eigenvalue weighted by molar-refractivity contribution is -0.123. The minimum Gasteiger partial charge on any atom is -0.354 e. The van der Waals surface area contributed by atoms with Gasteiger partial charge in [-0.15, -0.1) is 0 Å². The first-order valence-corrected chi connectivity index (χ1v) is 11.9. The van der Waals surface area contributed by atoms with E-state index < -0.39 is 0 Å². The summed E-state index contributed by atoms with van der Waals surface area (Å²) in [6.07, 6.45) is 3.41. The van der Waals surface area contributed by atoms with Gasteiger partial charge in [0, 0.05) is 36.8 Å². The number of aryl methyl sites for hydroxylation is 1. The number of nitrogens with zero attached hydrogens (tertiary/aromatic N) is 4. The molecule has 0 N–H and O–H groups in total. The van der Waals surface area contributed by atoms with Crippen molar-refractivity contribution >= 4 is 63.5 Å². The van der Waals surface area contributed by atoms with Gasteiger partial charge >= 0.3 is 0 Å². The van der Waals surface area contributed by atoms with Crippen LogP contribution in [0, 0.1) is 6.92 Å². The zero-order chi connectivity index (χ0) is 20.7. The van der Waals surface area contributed by atoms with E-state index in [1.807, 2.05) is 44.7 Å². The highest BCUT2D eigenvalue weighted by atomic mass is 32.2. The van der Waals surface area contributed by atoms with E-state index in [1.165, 1.54) is 11.8 Å². The van der Waals surface area contributed by atoms with Crippen LogP contribution in [-0.4, -0.2) is 55.1 Å². The zero-order valence-corrected chi connectivity index (χ0v) is 19.0. The van der Waals surface area contributed by atoms with E-state index in [1.54, 1.807) is 21.6 Å². The maximum Gasteiger partial charge on any atom is 0.267 e. The Morgan fingerprint density at radius 1 is 1.24 bits per heavy atom. The topological polar surface area (TPSA) is 57.9 Å². The van der Waals surface area contributed by atoms with Crippen LogP contribution in [0.25, 0.3) is 11.7 Å². The molecule has 0 spiro atoms. The normalized spacial score (nSPS) is 19.2. The van der Waals surface area contributed by atoms with Crippen molar-refractivity contribution in [3.8, 4) is 0 Å². The molecule has 0 saturated carbocycles. The fourth-order valence-electron chi connectivity index (χ4n) is 3.50. The number of hydrogen-bond donors (Lipinski definition) is 0. The average Bonchev–Trinajstić information content (AvgIpc) is 2.98. The maximum absolute atomic E-state index is 13.4. The minimum absolute atomic E-state index is 0.0227. The van der Waals surface area contributed by atoms with Crippen molar-refractivity contribution in [3.63, 3.8) is 0 Å². The van der Waals surface area contributed by atoms with Crippen LogP contribution in [0.5, 0.6) is 0 Å². The number of pyridine rings is 1. The van der Waals surface area contributed by atoms with Crippen LogP contribution in [0.3, 0.4) is 0 Å². The molecule has 2 saturated heterocycles. The Labute approximate surface area is 183 Å². The van der Waals surface area contributed by atoms with Crippen molar-refractivity contribution in [2.24, 2.45) is 0 Å². The molecule has 2 aromatic rings. The molecule has 0 atom stereocenters. The van der Waals surface area contributed by atoms with Gasteiger partial charge < -0.3 is 4.90 Å². The minimum atomic E-state index is -0.165. The quantitative estimate of drug-likeness (QED) is 0.530. The molecule has 2 aliphatic rings. The molecular formula is C20H22N4O2S3. The maximum atomic E-state index is 13.4. The molecule has 2 aliphatic heterocycles. The molecule has 0 bridgehead atoms. The molecule has 0 aromatic carbocycles. The zero-order valence-electron chi connectivity index (χ0n) is 16.5. The third-order valence-electron chi connectivity index (χ3n) is 4.99. The van der Waals surface area contributed by atoms with Gasteiger partial charge in [-0.25, -0.2) is 4.98 Å².